The standard InChI is InChI=1S/C34H30FN5O5/c1-37-12-14-38(15-13-37)34(43)23-19-40-25-7-3-5-9-27(25)45-32-29(40)22(31(23)41)17-24(35)30(32)39-11-10-21(18-39)36-33(42)28-16-20-6-2-4-8-26(20)44-28/h2-9,16-17,19,21H,10-15,18H2,1H3,(H,36,42). The second-order valence-corrected chi connectivity index (χ2v) is 11.9. The van der Waals surface area contributed by atoms with Gasteiger partial charge < -0.3 is 33.7 Å². The number of para-hydroxylation sites is 3. The highest BCUT2D eigenvalue weighted by molar-refractivity contribution is 6.01. The number of pyridine rings is 1. The number of benzene rings is 3. The SMILES string of the molecule is CN1CCN(C(=O)c2cn3c4c(c(N5CCC(NC(=O)c6cc7ccccc7o6)C5)c(F)cc4c2=O)Oc2ccccc2-3)CC1. The minimum absolute atomic E-state index is 0.00334. The van der Waals surface area contributed by atoms with Gasteiger partial charge in [0.2, 0.25) is 5.43 Å². The monoisotopic (exact) mass is 607 g/mol. The molecule has 0 aliphatic carbocycles. The minimum atomic E-state index is -0.631. The summed E-state index contributed by atoms with van der Waals surface area (Å²) in [6.07, 6.45) is 2.14. The number of fused-ring (bicyclic) bond motifs is 3. The molecule has 2 amide bonds. The van der Waals surface area contributed by atoms with Crippen LogP contribution in [0.3, 0.4) is 0 Å². The van der Waals surface area contributed by atoms with E-state index in [1.165, 1.54) is 6.07 Å². The van der Waals surface area contributed by atoms with Crippen molar-refractivity contribution < 1.29 is 23.1 Å². The van der Waals surface area contributed by atoms with Crippen LogP contribution in [0.4, 0.5) is 10.1 Å². The van der Waals surface area contributed by atoms with Crippen molar-refractivity contribution in [2.24, 2.45) is 0 Å². The summed E-state index contributed by atoms with van der Waals surface area (Å²) >= 11 is 0. The molecule has 0 spiro atoms. The summed E-state index contributed by atoms with van der Waals surface area (Å²) in [6.45, 7) is 3.22. The molecule has 0 saturated carbocycles. The Bertz CT molecular complexity index is 2050. The van der Waals surface area contributed by atoms with E-state index >= 15 is 4.39 Å². The first-order valence-corrected chi connectivity index (χ1v) is 15.1. The molecule has 10 nitrogen and oxygen atoms in total. The molecule has 5 aromatic rings. The predicted octanol–water partition coefficient (Wildman–Crippen LogP) is 4.38. The molecular weight excluding hydrogens is 577 g/mol. The number of ether oxygens (including phenoxy) is 1. The van der Waals surface area contributed by atoms with E-state index in [1.807, 2.05) is 48.3 Å². The Balaban J connectivity index is 1.16. The van der Waals surface area contributed by atoms with E-state index in [-0.39, 0.29) is 46.0 Å². The van der Waals surface area contributed by atoms with Gasteiger partial charge in [0.05, 0.1) is 11.1 Å². The predicted molar refractivity (Wildman–Crippen MR) is 167 cm³/mol. The number of nitrogens with zero attached hydrogens (tertiary/aromatic N) is 4. The molecule has 3 aliphatic rings. The van der Waals surface area contributed by atoms with E-state index < -0.39 is 11.2 Å². The number of amides is 2. The number of halogens is 1. The zero-order valence-corrected chi connectivity index (χ0v) is 24.6. The lowest BCUT2D eigenvalue weighted by Gasteiger charge is -2.33. The van der Waals surface area contributed by atoms with Gasteiger partial charge in [0.1, 0.15) is 22.4 Å². The number of hydrogen-bond acceptors (Lipinski definition) is 7. The molecule has 0 bridgehead atoms. The van der Waals surface area contributed by atoms with Crippen LogP contribution in [0.1, 0.15) is 27.3 Å². The number of likely N-dealkylation sites (N-methyl/N-ethyl adjacent to an activating group) is 1. The second-order valence-electron chi connectivity index (χ2n) is 11.9. The van der Waals surface area contributed by atoms with Crippen LogP contribution in [-0.2, 0) is 0 Å². The van der Waals surface area contributed by atoms with Crippen LogP contribution in [0.2, 0.25) is 0 Å². The van der Waals surface area contributed by atoms with Crippen molar-refractivity contribution in [3.05, 3.63) is 94.2 Å². The Labute approximate surface area is 257 Å². The van der Waals surface area contributed by atoms with Gasteiger partial charge in [-0.05, 0) is 43.8 Å². The quantitative estimate of drug-likeness (QED) is 0.318. The molecule has 1 unspecified atom stereocenters. The molecule has 0 radical (unpaired) electrons. The van der Waals surface area contributed by atoms with Gasteiger partial charge in [-0.25, -0.2) is 4.39 Å². The second kappa shape index (κ2) is 10.5. The van der Waals surface area contributed by atoms with Crippen LogP contribution < -0.4 is 20.4 Å². The largest absolute Gasteiger partial charge is 0.451 e. The molecule has 3 aliphatic heterocycles. The van der Waals surface area contributed by atoms with Crippen molar-refractivity contribution in [1.82, 2.24) is 19.7 Å². The summed E-state index contributed by atoms with van der Waals surface area (Å²) < 4.78 is 30.0. The maximum absolute atomic E-state index is 16.2. The molecule has 11 heteroatoms. The van der Waals surface area contributed by atoms with E-state index in [0.29, 0.717) is 68.2 Å². The van der Waals surface area contributed by atoms with Crippen molar-refractivity contribution in [1.29, 1.82) is 0 Å². The van der Waals surface area contributed by atoms with Crippen LogP contribution in [0.5, 0.6) is 11.5 Å². The van der Waals surface area contributed by atoms with E-state index in [9.17, 15) is 14.4 Å². The summed E-state index contributed by atoms with van der Waals surface area (Å²) in [5.41, 5.74) is 1.36. The lowest BCUT2D eigenvalue weighted by molar-refractivity contribution is 0.0662. The number of rotatable bonds is 4. The summed E-state index contributed by atoms with van der Waals surface area (Å²) in [5.74, 6) is -0.426. The molecule has 228 valence electrons. The average molecular weight is 608 g/mol. The fourth-order valence-electron chi connectivity index (χ4n) is 6.61. The van der Waals surface area contributed by atoms with Gasteiger partial charge in [0.15, 0.2) is 23.1 Å². The summed E-state index contributed by atoms with van der Waals surface area (Å²) in [5, 5.41) is 3.93. The van der Waals surface area contributed by atoms with Crippen molar-refractivity contribution in [3.63, 3.8) is 0 Å². The van der Waals surface area contributed by atoms with Crippen LogP contribution in [0.15, 0.2) is 76.1 Å². The molecule has 1 N–H and O–H groups in total. The van der Waals surface area contributed by atoms with Gasteiger partial charge in [0.25, 0.3) is 11.8 Å². The van der Waals surface area contributed by atoms with Gasteiger partial charge in [-0.2, -0.15) is 0 Å². The summed E-state index contributed by atoms with van der Waals surface area (Å²) in [6, 6.07) is 17.3. The highest BCUT2D eigenvalue weighted by Gasteiger charge is 2.35. The van der Waals surface area contributed by atoms with Crippen molar-refractivity contribution in [2.45, 2.75) is 12.5 Å². The Kier molecular flexibility index (Phi) is 6.38. The zero-order valence-electron chi connectivity index (χ0n) is 24.6. The number of carbonyl (C=O) groups excluding carboxylic acids is 2. The van der Waals surface area contributed by atoms with Crippen LogP contribution in [-0.4, -0.2) is 78.5 Å². The van der Waals surface area contributed by atoms with Crippen LogP contribution >= 0.6 is 0 Å². The number of piperazine rings is 1. The Hall–Kier alpha value is -5.16. The molecule has 45 heavy (non-hydrogen) atoms. The maximum Gasteiger partial charge on any atom is 0.287 e. The summed E-state index contributed by atoms with van der Waals surface area (Å²) in [7, 11) is 1.99. The third kappa shape index (κ3) is 4.53. The van der Waals surface area contributed by atoms with Gasteiger partial charge in [-0.3, -0.25) is 14.4 Å². The smallest absolute Gasteiger partial charge is 0.287 e. The molecule has 8 rings (SSSR count). The first kappa shape index (κ1) is 27.4. The highest BCUT2D eigenvalue weighted by atomic mass is 19.1. The fourth-order valence-corrected chi connectivity index (χ4v) is 6.61. The molecule has 2 fully saturated rings. The van der Waals surface area contributed by atoms with Gasteiger partial charge in [-0.15, -0.1) is 0 Å². The van der Waals surface area contributed by atoms with Crippen molar-refractivity contribution >= 4 is 39.4 Å². The number of aromatic nitrogens is 1. The number of nitrogens with one attached hydrogen (secondary N) is 1. The highest BCUT2D eigenvalue weighted by Crippen LogP contribution is 2.47. The number of anilines is 1. The number of carbonyl (C=O) groups is 2. The first-order chi connectivity index (χ1) is 21.9. The van der Waals surface area contributed by atoms with Gasteiger partial charge >= 0.3 is 0 Å². The van der Waals surface area contributed by atoms with E-state index in [4.69, 9.17) is 9.15 Å². The van der Waals surface area contributed by atoms with Gasteiger partial charge in [-0.1, -0.05) is 30.3 Å². The molecule has 5 heterocycles. The molecule has 3 aromatic carbocycles. The third-order valence-electron chi connectivity index (χ3n) is 9.02. The van der Waals surface area contributed by atoms with Crippen LogP contribution in [0, 0.1) is 5.82 Å². The molecule has 2 saturated heterocycles. The van der Waals surface area contributed by atoms with E-state index in [1.54, 1.807) is 33.9 Å². The average Bonchev–Trinajstić information content (AvgIpc) is 3.69. The van der Waals surface area contributed by atoms with Crippen LogP contribution in [0.25, 0.3) is 27.6 Å². The third-order valence-corrected chi connectivity index (χ3v) is 9.02. The molecule has 2 aromatic heterocycles. The maximum atomic E-state index is 16.2. The summed E-state index contributed by atoms with van der Waals surface area (Å²) in [4.78, 5) is 46.1. The molecule has 1 atom stereocenters. The van der Waals surface area contributed by atoms with Crippen molar-refractivity contribution in [2.75, 3.05) is 51.2 Å². The van der Waals surface area contributed by atoms with Gasteiger partial charge in [0, 0.05) is 56.9 Å². The zero-order chi connectivity index (χ0) is 30.8. The first-order valence-electron chi connectivity index (χ1n) is 15.1. The lowest BCUT2D eigenvalue weighted by Crippen LogP contribution is -2.48. The topological polar surface area (TPSA) is 100 Å². The number of furan rings is 1. The lowest BCUT2D eigenvalue weighted by atomic mass is 10.0. The molecular formula is C34H30FN5O5. The van der Waals surface area contributed by atoms with E-state index in [2.05, 4.69) is 10.2 Å². The normalized spacial score (nSPS) is 17.9. The van der Waals surface area contributed by atoms with E-state index in [0.717, 1.165) is 5.39 Å². The Morgan fingerprint density at radius 2 is 1.76 bits per heavy atom. The number of hydrogen-bond donors (Lipinski definition) is 1. The fraction of sp³-hybridized carbons (Fsp3) is 0.265. The minimum Gasteiger partial charge on any atom is -0.451 e. The Morgan fingerprint density at radius 1 is 0.978 bits per heavy atom. The van der Waals surface area contributed by atoms with Crippen molar-refractivity contribution in [3.8, 4) is 17.2 Å². The Morgan fingerprint density at radius 3 is 2.58 bits per heavy atom.